The van der Waals surface area contributed by atoms with Crippen LogP contribution in [0, 0.1) is 0 Å². The van der Waals surface area contributed by atoms with Crippen LogP contribution in [0.15, 0.2) is 42.5 Å². The number of nitrogens with zero attached hydrogens (tertiary/aromatic N) is 2. The Morgan fingerprint density at radius 3 is 2.57 bits per heavy atom. The van der Waals surface area contributed by atoms with Crippen molar-refractivity contribution in [3.05, 3.63) is 64.2 Å². The minimum Gasteiger partial charge on any atom is -0.494 e. The lowest BCUT2D eigenvalue weighted by atomic mass is 9.81. The standard InChI is InChI=1S/C26H33ClN2O/c27-21-9-7-20(8-10-21)25-19-29-16-4-6-26(29)24-18-22(11-12-23(24)25)30-17-5-15-28-13-2-1-3-14-28/h7-12,18,25-26H,1-6,13-17,19H2/t25-,26+/m0/s1. The van der Waals surface area contributed by atoms with Crippen molar-refractivity contribution in [2.24, 2.45) is 0 Å². The van der Waals surface area contributed by atoms with Crippen molar-refractivity contribution < 1.29 is 4.74 Å². The summed E-state index contributed by atoms with van der Waals surface area (Å²) in [5.74, 6) is 1.45. The van der Waals surface area contributed by atoms with Gasteiger partial charge >= 0.3 is 0 Å². The van der Waals surface area contributed by atoms with Gasteiger partial charge in [0.15, 0.2) is 0 Å². The van der Waals surface area contributed by atoms with Gasteiger partial charge in [0.1, 0.15) is 5.75 Å². The topological polar surface area (TPSA) is 15.7 Å². The van der Waals surface area contributed by atoms with Crippen LogP contribution >= 0.6 is 11.6 Å². The molecule has 3 heterocycles. The van der Waals surface area contributed by atoms with Gasteiger partial charge in [-0.15, -0.1) is 0 Å². The van der Waals surface area contributed by atoms with E-state index in [0.29, 0.717) is 12.0 Å². The van der Waals surface area contributed by atoms with Gasteiger partial charge in [0.2, 0.25) is 0 Å². The fraction of sp³-hybridized carbons (Fsp3) is 0.538. The summed E-state index contributed by atoms with van der Waals surface area (Å²) in [5, 5.41) is 0.808. The van der Waals surface area contributed by atoms with Crippen molar-refractivity contribution >= 4 is 11.6 Å². The summed E-state index contributed by atoms with van der Waals surface area (Å²) in [5.41, 5.74) is 4.31. The van der Waals surface area contributed by atoms with E-state index < -0.39 is 0 Å². The molecule has 0 bridgehead atoms. The third-order valence-corrected chi connectivity index (χ3v) is 7.43. The number of fused-ring (bicyclic) bond motifs is 3. The Kier molecular flexibility index (Phi) is 6.31. The molecule has 3 aliphatic heterocycles. The molecule has 2 atom stereocenters. The van der Waals surface area contributed by atoms with Gasteiger partial charge in [-0.05, 0) is 92.7 Å². The number of ether oxygens (including phenoxy) is 1. The van der Waals surface area contributed by atoms with E-state index in [9.17, 15) is 0 Å². The number of hydrogen-bond acceptors (Lipinski definition) is 3. The summed E-state index contributed by atoms with van der Waals surface area (Å²) >= 11 is 6.14. The molecule has 30 heavy (non-hydrogen) atoms. The van der Waals surface area contributed by atoms with E-state index in [4.69, 9.17) is 16.3 Å². The van der Waals surface area contributed by atoms with Gasteiger partial charge < -0.3 is 9.64 Å². The molecule has 2 aromatic carbocycles. The fourth-order valence-corrected chi connectivity index (χ4v) is 5.75. The third kappa shape index (κ3) is 4.39. The molecular weight excluding hydrogens is 392 g/mol. The Bertz CT molecular complexity index is 847. The Labute approximate surface area is 186 Å². The van der Waals surface area contributed by atoms with Crippen LogP contribution in [0.1, 0.15) is 67.2 Å². The van der Waals surface area contributed by atoms with Crippen molar-refractivity contribution in [2.75, 3.05) is 39.3 Å². The van der Waals surface area contributed by atoms with E-state index in [0.717, 1.165) is 30.3 Å². The van der Waals surface area contributed by atoms with Gasteiger partial charge in [0, 0.05) is 30.1 Å². The highest BCUT2D eigenvalue weighted by Crippen LogP contribution is 2.45. The largest absolute Gasteiger partial charge is 0.494 e. The van der Waals surface area contributed by atoms with Crippen molar-refractivity contribution in [1.29, 1.82) is 0 Å². The lowest BCUT2D eigenvalue weighted by molar-refractivity contribution is 0.204. The normalized spacial score (nSPS) is 24.4. The Morgan fingerprint density at radius 2 is 1.73 bits per heavy atom. The average molecular weight is 425 g/mol. The lowest BCUT2D eigenvalue weighted by Gasteiger charge is -2.37. The van der Waals surface area contributed by atoms with E-state index in [-0.39, 0.29) is 0 Å². The third-order valence-electron chi connectivity index (χ3n) is 7.18. The number of rotatable bonds is 6. The number of piperidine rings is 1. The van der Waals surface area contributed by atoms with Crippen molar-refractivity contribution in [2.45, 2.75) is 50.5 Å². The van der Waals surface area contributed by atoms with E-state index in [1.165, 1.54) is 75.0 Å². The Hall–Kier alpha value is -1.55. The first-order valence-electron chi connectivity index (χ1n) is 11.8. The second kappa shape index (κ2) is 9.30. The second-order valence-corrected chi connectivity index (χ2v) is 9.59. The maximum Gasteiger partial charge on any atom is 0.119 e. The summed E-state index contributed by atoms with van der Waals surface area (Å²) in [4.78, 5) is 5.26. The van der Waals surface area contributed by atoms with Gasteiger partial charge in [-0.25, -0.2) is 0 Å². The maximum absolute atomic E-state index is 6.21. The molecule has 0 aromatic heterocycles. The average Bonchev–Trinajstić information content (AvgIpc) is 3.26. The number of likely N-dealkylation sites (tertiary alicyclic amines) is 1. The number of benzene rings is 2. The predicted octanol–water partition coefficient (Wildman–Crippen LogP) is 5.88. The molecule has 0 amide bonds. The van der Waals surface area contributed by atoms with Crippen LogP contribution in [-0.4, -0.2) is 49.1 Å². The monoisotopic (exact) mass is 424 g/mol. The lowest BCUT2D eigenvalue weighted by Crippen LogP contribution is -2.34. The second-order valence-electron chi connectivity index (χ2n) is 9.15. The molecule has 0 spiro atoms. The van der Waals surface area contributed by atoms with E-state index in [1.54, 1.807) is 0 Å². The van der Waals surface area contributed by atoms with Gasteiger partial charge in [-0.2, -0.15) is 0 Å². The van der Waals surface area contributed by atoms with Crippen LogP contribution in [0.3, 0.4) is 0 Å². The van der Waals surface area contributed by atoms with E-state index in [2.05, 4.69) is 40.1 Å². The van der Waals surface area contributed by atoms with Crippen LogP contribution in [0.25, 0.3) is 0 Å². The van der Waals surface area contributed by atoms with Crippen LogP contribution in [-0.2, 0) is 0 Å². The number of hydrogen-bond donors (Lipinski definition) is 0. The fourth-order valence-electron chi connectivity index (χ4n) is 5.62. The minimum atomic E-state index is 0.416. The van der Waals surface area contributed by atoms with Crippen LogP contribution in [0.5, 0.6) is 5.75 Å². The zero-order chi connectivity index (χ0) is 20.3. The van der Waals surface area contributed by atoms with Crippen molar-refractivity contribution in [1.82, 2.24) is 9.80 Å². The van der Waals surface area contributed by atoms with Crippen LogP contribution in [0.4, 0.5) is 0 Å². The Balaban J connectivity index is 1.29. The molecule has 3 nitrogen and oxygen atoms in total. The summed E-state index contributed by atoms with van der Waals surface area (Å²) in [6.45, 7) is 6.82. The molecule has 5 rings (SSSR count). The molecule has 2 fully saturated rings. The van der Waals surface area contributed by atoms with Crippen molar-refractivity contribution in [3.63, 3.8) is 0 Å². The molecule has 0 N–H and O–H groups in total. The summed E-state index contributed by atoms with van der Waals surface area (Å²) in [6, 6.07) is 15.8. The minimum absolute atomic E-state index is 0.416. The molecule has 0 saturated carbocycles. The molecule has 2 aromatic rings. The van der Waals surface area contributed by atoms with Gasteiger partial charge in [0.25, 0.3) is 0 Å². The highest BCUT2D eigenvalue weighted by molar-refractivity contribution is 6.30. The van der Waals surface area contributed by atoms with Gasteiger partial charge in [-0.3, -0.25) is 4.90 Å². The van der Waals surface area contributed by atoms with Crippen molar-refractivity contribution in [3.8, 4) is 5.75 Å². The highest BCUT2D eigenvalue weighted by Gasteiger charge is 2.36. The molecule has 160 valence electrons. The molecule has 0 radical (unpaired) electrons. The van der Waals surface area contributed by atoms with Crippen LogP contribution in [0.2, 0.25) is 5.02 Å². The summed E-state index contributed by atoms with van der Waals surface area (Å²) in [6.07, 6.45) is 7.78. The highest BCUT2D eigenvalue weighted by atomic mass is 35.5. The quantitative estimate of drug-likeness (QED) is 0.538. The van der Waals surface area contributed by atoms with E-state index in [1.807, 2.05) is 12.1 Å². The summed E-state index contributed by atoms with van der Waals surface area (Å²) < 4.78 is 6.21. The predicted molar refractivity (Wildman–Crippen MR) is 124 cm³/mol. The molecule has 3 aliphatic rings. The molecule has 4 heteroatoms. The molecule has 2 saturated heterocycles. The smallest absolute Gasteiger partial charge is 0.119 e. The van der Waals surface area contributed by atoms with Crippen LogP contribution < -0.4 is 4.74 Å². The molecule has 0 aliphatic carbocycles. The first-order chi connectivity index (χ1) is 14.8. The first-order valence-corrected chi connectivity index (χ1v) is 12.1. The maximum atomic E-state index is 6.21. The molecular formula is C26H33ClN2O. The van der Waals surface area contributed by atoms with Gasteiger partial charge in [-0.1, -0.05) is 36.2 Å². The Morgan fingerprint density at radius 1 is 0.900 bits per heavy atom. The molecule has 0 unspecified atom stereocenters. The number of halogens is 1. The SMILES string of the molecule is Clc1ccc([C@@H]2CN3CCC[C@@H]3c3cc(OCCCN4CCCCC4)ccc32)cc1. The van der Waals surface area contributed by atoms with Gasteiger partial charge in [0.05, 0.1) is 6.61 Å². The first kappa shape index (κ1) is 20.4. The van der Waals surface area contributed by atoms with E-state index >= 15 is 0 Å². The zero-order valence-electron chi connectivity index (χ0n) is 17.9. The summed E-state index contributed by atoms with van der Waals surface area (Å²) in [7, 11) is 0. The zero-order valence-corrected chi connectivity index (χ0v) is 18.6.